The van der Waals surface area contributed by atoms with Gasteiger partial charge in [-0.1, -0.05) is 20.8 Å². The topological polar surface area (TPSA) is 67.5 Å². The van der Waals surface area contributed by atoms with E-state index in [1.807, 2.05) is 9.78 Å². The second-order valence-corrected chi connectivity index (χ2v) is 5.85. The van der Waals surface area contributed by atoms with Crippen LogP contribution in [0.25, 0.3) is 4.96 Å². The zero-order valence-electron chi connectivity index (χ0n) is 10.1. The molecule has 0 spiro atoms. The standard InChI is InChI=1S/C11H15N3O2S/c1-11(2,3)9-12-13-10-14(9)7(6-17-10)4-5-8(15)16/h6H,4-5H2,1-3H3,(H,15,16). The molecule has 0 radical (unpaired) electrons. The zero-order valence-corrected chi connectivity index (χ0v) is 10.9. The van der Waals surface area contributed by atoms with Gasteiger partial charge in [0.2, 0.25) is 4.96 Å². The lowest BCUT2D eigenvalue weighted by molar-refractivity contribution is -0.136. The first-order valence-corrected chi connectivity index (χ1v) is 6.31. The Labute approximate surface area is 103 Å². The highest BCUT2D eigenvalue weighted by molar-refractivity contribution is 7.15. The number of fused-ring (bicyclic) bond motifs is 1. The van der Waals surface area contributed by atoms with Crippen molar-refractivity contribution in [2.24, 2.45) is 0 Å². The first-order chi connectivity index (χ1) is 7.89. The molecule has 92 valence electrons. The summed E-state index contributed by atoms with van der Waals surface area (Å²) < 4.78 is 1.98. The number of aliphatic carboxylic acids is 1. The van der Waals surface area contributed by atoms with Crippen molar-refractivity contribution in [3.8, 4) is 0 Å². The van der Waals surface area contributed by atoms with Crippen LogP contribution >= 0.6 is 11.3 Å². The Morgan fingerprint density at radius 1 is 1.47 bits per heavy atom. The van der Waals surface area contributed by atoms with Gasteiger partial charge in [-0.25, -0.2) is 0 Å². The van der Waals surface area contributed by atoms with Crippen LogP contribution in [0.2, 0.25) is 0 Å². The van der Waals surface area contributed by atoms with Gasteiger partial charge in [0, 0.05) is 16.5 Å². The van der Waals surface area contributed by atoms with Crippen molar-refractivity contribution in [1.82, 2.24) is 14.6 Å². The van der Waals surface area contributed by atoms with E-state index in [9.17, 15) is 4.79 Å². The molecule has 0 saturated carbocycles. The number of nitrogens with zero attached hydrogens (tertiary/aromatic N) is 3. The molecule has 0 atom stereocenters. The van der Waals surface area contributed by atoms with E-state index >= 15 is 0 Å². The van der Waals surface area contributed by atoms with E-state index in [4.69, 9.17) is 5.11 Å². The smallest absolute Gasteiger partial charge is 0.303 e. The highest BCUT2D eigenvalue weighted by atomic mass is 32.1. The van der Waals surface area contributed by atoms with Crippen molar-refractivity contribution in [3.63, 3.8) is 0 Å². The Kier molecular flexibility index (Phi) is 2.91. The van der Waals surface area contributed by atoms with Gasteiger partial charge in [-0.2, -0.15) is 0 Å². The Balaban J connectivity index is 2.43. The summed E-state index contributed by atoms with van der Waals surface area (Å²) in [6.07, 6.45) is 0.643. The van der Waals surface area contributed by atoms with Gasteiger partial charge in [-0.3, -0.25) is 9.20 Å². The molecule has 0 aliphatic rings. The average molecular weight is 253 g/mol. The number of carbonyl (C=O) groups is 1. The molecule has 17 heavy (non-hydrogen) atoms. The average Bonchev–Trinajstić information content (AvgIpc) is 2.72. The molecule has 2 aromatic rings. The lowest BCUT2D eigenvalue weighted by atomic mass is 9.96. The van der Waals surface area contributed by atoms with E-state index < -0.39 is 5.97 Å². The predicted octanol–water partition coefficient (Wildman–Crippen LogP) is 2.11. The van der Waals surface area contributed by atoms with Crippen LogP contribution in [0, 0.1) is 0 Å². The minimum Gasteiger partial charge on any atom is -0.481 e. The molecule has 0 aromatic carbocycles. The van der Waals surface area contributed by atoms with Crippen LogP contribution < -0.4 is 0 Å². The minimum absolute atomic E-state index is 0.0987. The van der Waals surface area contributed by atoms with Crippen LogP contribution in [0.15, 0.2) is 5.38 Å². The van der Waals surface area contributed by atoms with Crippen LogP contribution in [0.1, 0.15) is 38.7 Å². The Morgan fingerprint density at radius 2 is 2.18 bits per heavy atom. The number of aryl methyl sites for hydroxylation is 1. The molecule has 0 aliphatic carbocycles. The molecule has 6 heteroatoms. The van der Waals surface area contributed by atoms with Gasteiger partial charge in [0.05, 0.1) is 6.42 Å². The molecule has 2 aromatic heterocycles. The summed E-state index contributed by atoms with van der Waals surface area (Å²) in [5.74, 6) is 0.101. The fourth-order valence-electron chi connectivity index (χ4n) is 1.67. The highest BCUT2D eigenvalue weighted by Crippen LogP contribution is 2.25. The molecule has 1 N–H and O–H groups in total. The summed E-state index contributed by atoms with van der Waals surface area (Å²) in [5.41, 5.74) is 0.876. The number of carboxylic acids is 1. The van der Waals surface area contributed by atoms with E-state index in [0.717, 1.165) is 16.5 Å². The van der Waals surface area contributed by atoms with Crippen molar-refractivity contribution in [2.75, 3.05) is 0 Å². The summed E-state index contributed by atoms with van der Waals surface area (Å²) in [4.78, 5) is 11.4. The van der Waals surface area contributed by atoms with Gasteiger partial charge in [0.1, 0.15) is 5.82 Å². The molecule has 2 heterocycles. The molecule has 0 saturated heterocycles. The maximum Gasteiger partial charge on any atom is 0.303 e. The SMILES string of the molecule is CC(C)(C)c1nnc2scc(CCC(=O)O)n12. The van der Waals surface area contributed by atoms with Gasteiger partial charge in [0.25, 0.3) is 0 Å². The summed E-state index contributed by atoms with van der Waals surface area (Å²) in [6, 6.07) is 0. The largest absolute Gasteiger partial charge is 0.481 e. The maximum atomic E-state index is 10.6. The summed E-state index contributed by atoms with van der Waals surface area (Å²) in [6.45, 7) is 6.21. The number of hydrogen-bond donors (Lipinski definition) is 1. The summed E-state index contributed by atoms with van der Waals surface area (Å²) >= 11 is 1.50. The Bertz CT molecular complexity index is 551. The number of thiazole rings is 1. The van der Waals surface area contributed by atoms with E-state index in [0.29, 0.717) is 6.42 Å². The van der Waals surface area contributed by atoms with Crippen LogP contribution in [-0.2, 0) is 16.6 Å². The van der Waals surface area contributed by atoms with E-state index in [1.54, 1.807) is 0 Å². The highest BCUT2D eigenvalue weighted by Gasteiger charge is 2.23. The van der Waals surface area contributed by atoms with Gasteiger partial charge in [-0.15, -0.1) is 21.5 Å². The molecule has 0 amide bonds. The maximum absolute atomic E-state index is 10.6. The van der Waals surface area contributed by atoms with Gasteiger partial charge >= 0.3 is 5.97 Å². The first kappa shape index (κ1) is 12.0. The summed E-state index contributed by atoms with van der Waals surface area (Å²) in [7, 11) is 0. The third-order valence-electron chi connectivity index (χ3n) is 2.49. The monoisotopic (exact) mass is 253 g/mol. The first-order valence-electron chi connectivity index (χ1n) is 5.43. The summed E-state index contributed by atoms with van der Waals surface area (Å²) in [5, 5.41) is 19.0. The molecular weight excluding hydrogens is 238 g/mol. The Morgan fingerprint density at radius 3 is 2.76 bits per heavy atom. The minimum atomic E-state index is -0.783. The quantitative estimate of drug-likeness (QED) is 0.909. The van der Waals surface area contributed by atoms with Crippen molar-refractivity contribution in [2.45, 2.75) is 39.0 Å². The molecule has 0 aliphatic heterocycles. The van der Waals surface area contributed by atoms with Crippen LogP contribution in [0.5, 0.6) is 0 Å². The van der Waals surface area contributed by atoms with Crippen LogP contribution in [-0.4, -0.2) is 25.7 Å². The van der Waals surface area contributed by atoms with E-state index in [1.165, 1.54) is 11.3 Å². The molecule has 2 rings (SSSR count). The molecule has 5 nitrogen and oxygen atoms in total. The van der Waals surface area contributed by atoms with E-state index in [2.05, 4.69) is 31.0 Å². The number of rotatable bonds is 3. The van der Waals surface area contributed by atoms with Crippen molar-refractivity contribution in [3.05, 3.63) is 16.9 Å². The van der Waals surface area contributed by atoms with Crippen molar-refractivity contribution in [1.29, 1.82) is 0 Å². The van der Waals surface area contributed by atoms with Crippen LogP contribution in [0.3, 0.4) is 0 Å². The molecule has 0 bridgehead atoms. The fraction of sp³-hybridized carbons (Fsp3) is 0.545. The van der Waals surface area contributed by atoms with Crippen molar-refractivity contribution < 1.29 is 9.90 Å². The number of aromatic nitrogens is 3. The lowest BCUT2D eigenvalue weighted by Crippen LogP contribution is -2.17. The fourth-order valence-corrected chi connectivity index (χ4v) is 2.53. The Hall–Kier alpha value is -1.43. The number of carboxylic acid groups (broad SMARTS) is 1. The third kappa shape index (κ3) is 2.31. The number of hydrogen-bond acceptors (Lipinski definition) is 4. The zero-order chi connectivity index (χ0) is 12.6. The molecule has 0 fully saturated rings. The van der Waals surface area contributed by atoms with Crippen molar-refractivity contribution >= 4 is 22.3 Å². The van der Waals surface area contributed by atoms with Crippen LogP contribution in [0.4, 0.5) is 0 Å². The van der Waals surface area contributed by atoms with Gasteiger partial charge < -0.3 is 5.11 Å². The van der Waals surface area contributed by atoms with E-state index in [-0.39, 0.29) is 11.8 Å². The normalized spacial score (nSPS) is 12.2. The second-order valence-electron chi connectivity index (χ2n) is 5.01. The lowest BCUT2D eigenvalue weighted by Gasteiger charge is -2.15. The predicted molar refractivity (Wildman–Crippen MR) is 65.5 cm³/mol. The second kappa shape index (κ2) is 4.10. The molecular formula is C11H15N3O2S. The molecule has 0 unspecified atom stereocenters. The van der Waals surface area contributed by atoms with Gasteiger partial charge in [-0.05, 0) is 6.42 Å². The van der Waals surface area contributed by atoms with Gasteiger partial charge in [0.15, 0.2) is 0 Å². The third-order valence-corrected chi connectivity index (χ3v) is 3.35.